The van der Waals surface area contributed by atoms with Gasteiger partial charge in [0.25, 0.3) is 5.91 Å². The maximum absolute atomic E-state index is 13.5. The van der Waals surface area contributed by atoms with E-state index in [4.69, 9.17) is 4.74 Å². The zero-order chi connectivity index (χ0) is 21.2. The van der Waals surface area contributed by atoms with Gasteiger partial charge in [0.2, 0.25) is 5.91 Å². The number of carbonyl (C=O) groups is 2. The molecule has 0 aromatic heterocycles. The van der Waals surface area contributed by atoms with Gasteiger partial charge in [0.05, 0.1) is 5.56 Å². The number of nitrogens with one attached hydrogen (secondary N) is 2. The highest BCUT2D eigenvalue weighted by Gasteiger charge is 2.12. The molecule has 0 fully saturated rings. The Bertz CT molecular complexity index is 845. The lowest BCUT2D eigenvalue weighted by atomic mass is 10.2. The van der Waals surface area contributed by atoms with Crippen molar-refractivity contribution < 1.29 is 28.2 Å². The molecule has 0 aliphatic rings. The Kier molecular flexibility index (Phi) is 8.54. The number of rotatable bonds is 10. The highest BCUT2D eigenvalue weighted by atomic mass is 19.1. The van der Waals surface area contributed by atoms with Gasteiger partial charge in [0, 0.05) is 25.6 Å². The van der Waals surface area contributed by atoms with Gasteiger partial charge in [-0.2, -0.15) is 0 Å². The van der Waals surface area contributed by atoms with Crippen molar-refractivity contribution in [2.75, 3.05) is 19.7 Å². The van der Waals surface area contributed by atoms with Crippen LogP contribution in [-0.2, 0) is 4.79 Å². The molecule has 2 aromatic carbocycles. The van der Waals surface area contributed by atoms with E-state index < -0.39 is 23.6 Å². The van der Waals surface area contributed by atoms with Crippen LogP contribution in [0.25, 0.3) is 0 Å². The summed E-state index contributed by atoms with van der Waals surface area (Å²) in [6, 6.07) is 10.1. The lowest BCUT2D eigenvalue weighted by molar-refractivity contribution is -0.121. The van der Waals surface area contributed by atoms with E-state index >= 15 is 0 Å². The second-order valence-electron chi connectivity index (χ2n) is 6.57. The van der Waals surface area contributed by atoms with Crippen LogP contribution in [0, 0.1) is 18.6 Å². The molecule has 1 unspecified atom stereocenters. The number of hydrogen-bond donors (Lipinski definition) is 3. The summed E-state index contributed by atoms with van der Waals surface area (Å²) in [4.78, 5) is 23.6. The van der Waals surface area contributed by atoms with Gasteiger partial charge in [0.1, 0.15) is 30.1 Å². The molecule has 1 atom stereocenters. The highest BCUT2D eigenvalue weighted by molar-refractivity contribution is 5.94. The topological polar surface area (TPSA) is 87.7 Å². The predicted molar refractivity (Wildman–Crippen MR) is 104 cm³/mol. The number of aliphatic hydroxyl groups is 1. The Morgan fingerprint density at radius 2 is 1.93 bits per heavy atom. The van der Waals surface area contributed by atoms with Crippen molar-refractivity contribution in [3.05, 3.63) is 65.2 Å². The smallest absolute Gasteiger partial charge is 0.254 e. The van der Waals surface area contributed by atoms with Crippen LogP contribution in [-0.4, -0.2) is 42.7 Å². The van der Waals surface area contributed by atoms with Gasteiger partial charge in [-0.1, -0.05) is 12.1 Å². The molecule has 0 saturated heterocycles. The molecular formula is C21H24F2N2O4. The van der Waals surface area contributed by atoms with Gasteiger partial charge >= 0.3 is 0 Å². The van der Waals surface area contributed by atoms with E-state index in [0.29, 0.717) is 18.2 Å². The number of carbonyl (C=O) groups excluding carboxylic acids is 2. The maximum Gasteiger partial charge on any atom is 0.254 e. The molecule has 29 heavy (non-hydrogen) atoms. The van der Waals surface area contributed by atoms with Crippen LogP contribution in [0.2, 0.25) is 0 Å². The molecule has 3 N–H and O–H groups in total. The molecule has 6 nitrogen and oxygen atoms in total. The molecule has 0 radical (unpaired) electrons. The maximum atomic E-state index is 13.5. The molecule has 0 spiro atoms. The Morgan fingerprint density at radius 1 is 1.14 bits per heavy atom. The van der Waals surface area contributed by atoms with Crippen molar-refractivity contribution >= 4 is 11.8 Å². The molecule has 0 heterocycles. The molecular weight excluding hydrogens is 382 g/mol. The first-order valence-electron chi connectivity index (χ1n) is 9.22. The van der Waals surface area contributed by atoms with Gasteiger partial charge in [0.15, 0.2) is 0 Å². The van der Waals surface area contributed by atoms with E-state index in [-0.39, 0.29) is 37.6 Å². The average molecular weight is 406 g/mol. The number of benzene rings is 2. The summed E-state index contributed by atoms with van der Waals surface area (Å²) < 4.78 is 31.8. The fraction of sp³-hybridized carbons (Fsp3) is 0.333. The van der Waals surface area contributed by atoms with E-state index in [1.54, 1.807) is 6.07 Å². The van der Waals surface area contributed by atoms with E-state index in [9.17, 15) is 23.5 Å². The Balaban J connectivity index is 1.60. The molecule has 8 heteroatoms. The minimum absolute atomic E-state index is 0.0395. The Morgan fingerprint density at radius 3 is 2.66 bits per heavy atom. The summed E-state index contributed by atoms with van der Waals surface area (Å²) in [5.74, 6) is -2.03. The normalized spacial score (nSPS) is 11.6. The third-order valence-electron chi connectivity index (χ3n) is 4.01. The minimum Gasteiger partial charge on any atom is -0.491 e. The molecule has 0 bridgehead atoms. The first-order chi connectivity index (χ1) is 13.8. The van der Waals surface area contributed by atoms with Gasteiger partial charge < -0.3 is 20.5 Å². The number of halogens is 2. The third-order valence-corrected chi connectivity index (χ3v) is 4.01. The van der Waals surface area contributed by atoms with Crippen LogP contribution < -0.4 is 15.4 Å². The fourth-order valence-corrected chi connectivity index (χ4v) is 2.50. The van der Waals surface area contributed by atoms with Crippen LogP contribution in [0.5, 0.6) is 5.75 Å². The molecule has 0 saturated carbocycles. The summed E-state index contributed by atoms with van der Waals surface area (Å²) in [6.07, 6.45) is -0.408. The largest absolute Gasteiger partial charge is 0.491 e. The van der Waals surface area contributed by atoms with Crippen molar-refractivity contribution in [2.45, 2.75) is 25.9 Å². The van der Waals surface area contributed by atoms with Crippen LogP contribution in [0.15, 0.2) is 42.5 Å². The van der Waals surface area contributed by atoms with Crippen molar-refractivity contribution in [3.63, 3.8) is 0 Å². The number of ether oxygens (including phenoxy) is 1. The third kappa shape index (κ3) is 7.87. The molecule has 2 amide bonds. The Hall–Kier alpha value is -3.00. The summed E-state index contributed by atoms with van der Waals surface area (Å²) >= 11 is 0. The lowest BCUT2D eigenvalue weighted by Crippen LogP contribution is -2.35. The fourth-order valence-electron chi connectivity index (χ4n) is 2.50. The van der Waals surface area contributed by atoms with Gasteiger partial charge in [-0.15, -0.1) is 0 Å². The second-order valence-corrected chi connectivity index (χ2v) is 6.57. The molecule has 0 aliphatic heterocycles. The number of amides is 2. The quantitative estimate of drug-likeness (QED) is 0.529. The first kappa shape index (κ1) is 22.3. The zero-order valence-electron chi connectivity index (χ0n) is 16.1. The van der Waals surface area contributed by atoms with E-state index in [0.717, 1.165) is 17.7 Å². The molecule has 2 aromatic rings. The summed E-state index contributed by atoms with van der Waals surface area (Å²) in [5.41, 5.74) is 0.784. The standard InChI is InChI=1S/C21H24F2N2O4/c1-14-4-2-5-17(10-14)29-13-16(26)12-25-20(27)6-3-9-24-21(28)18-8-7-15(22)11-19(18)23/h2,4-5,7-8,10-11,16,26H,3,6,9,12-13H2,1H3,(H,24,28)(H,25,27). The molecule has 2 rings (SSSR count). The second kappa shape index (κ2) is 11.1. The van der Waals surface area contributed by atoms with Gasteiger partial charge in [-0.05, 0) is 43.2 Å². The SMILES string of the molecule is Cc1cccc(OCC(O)CNC(=O)CCCNC(=O)c2ccc(F)cc2F)c1. The summed E-state index contributed by atoms with van der Waals surface area (Å²) in [6.45, 7) is 2.17. The van der Waals surface area contributed by atoms with Crippen molar-refractivity contribution in [1.29, 1.82) is 0 Å². The predicted octanol–water partition coefficient (Wildman–Crippen LogP) is 2.34. The first-order valence-corrected chi connectivity index (χ1v) is 9.22. The Labute approximate surface area is 167 Å². The van der Waals surface area contributed by atoms with Gasteiger partial charge in [-0.25, -0.2) is 8.78 Å². The van der Waals surface area contributed by atoms with Crippen molar-refractivity contribution in [3.8, 4) is 5.75 Å². The lowest BCUT2D eigenvalue weighted by Gasteiger charge is -2.13. The van der Waals surface area contributed by atoms with Crippen LogP contribution in [0.4, 0.5) is 8.78 Å². The van der Waals surface area contributed by atoms with E-state index in [1.165, 1.54) is 0 Å². The summed E-state index contributed by atoms with van der Waals surface area (Å²) in [5, 5.41) is 14.9. The average Bonchev–Trinajstić information content (AvgIpc) is 2.68. The van der Waals surface area contributed by atoms with Crippen LogP contribution in [0.3, 0.4) is 0 Å². The number of aliphatic hydroxyl groups excluding tert-OH is 1. The summed E-state index contributed by atoms with van der Waals surface area (Å²) in [7, 11) is 0. The van der Waals surface area contributed by atoms with E-state index in [1.807, 2.05) is 25.1 Å². The van der Waals surface area contributed by atoms with Crippen molar-refractivity contribution in [1.82, 2.24) is 10.6 Å². The van der Waals surface area contributed by atoms with Crippen LogP contribution in [0.1, 0.15) is 28.8 Å². The van der Waals surface area contributed by atoms with Gasteiger partial charge in [-0.3, -0.25) is 9.59 Å². The monoisotopic (exact) mass is 406 g/mol. The number of hydrogen-bond acceptors (Lipinski definition) is 4. The van der Waals surface area contributed by atoms with Crippen molar-refractivity contribution in [2.24, 2.45) is 0 Å². The van der Waals surface area contributed by atoms with E-state index in [2.05, 4.69) is 10.6 Å². The minimum atomic E-state index is -0.942. The highest BCUT2D eigenvalue weighted by Crippen LogP contribution is 2.12. The molecule has 156 valence electrons. The number of aryl methyl sites for hydroxylation is 1. The zero-order valence-corrected chi connectivity index (χ0v) is 16.1. The van der Waals surface area contributed by atoms with Crippen LogP contribution >= 0.6 is 0 Å². The molecule has 0 aliphatic carbocycles.